The normalized spacial score (nSPS) is 11.9. The Balaban J connectivity index is 1.53. The first-order chi connectivity index (χ1) is 14.2. The Morgan fingerprint density at radius 2 is 1.72 bits per heavy atom. The first-order valence-corrected chi connectivity index (χ1v) is 10.4. The van der Waals surface area contributed by atoms with Crippen molar-refractivity contribution in [3.05, 3.63) is 83.5 Å². The van der Waals surface area contributed by atoms with Crippen molar-refractivity contribution in [3.63, 3.8) is 0 Å². The zero-order valence-corrected chi connectivity index (χ0v) is 17.0. The van der Waals surface area contributed by atoms with Gasteiger partial charge in [0, 0.05) is 19.3 Å². The summed E-state index contributed by atoms with van der Waals surface area (Å²) in [6.07, 6.45) is 5.49. The average Bonchev–Trinajstić information content (AvgIpc) is 3.21. The Kier molecular flexibility index (Phi) is 7.99. The summed E-state index contributed by atoms with van der Waals surface area (Å²) >= 11 is 0. The van der Waals surface area contributed by atoms with Crippen molar-refractivity contribution in [1.29, 1.82) is 0 Å². The van der Waals surface area contributed by atoms with Crippen molar-refractivity contribution in [2.24, 2.45) is 0 Å². The van der Waals surface area contributed by atoms with Crippen molar-refractivity contribution >= 4 is 5.91 Å². The fourth-order valence-corrected chi connectivity index (χ4v) is 3.37. The molecule has 0 bridgehead atoms. The third-order valence-electron chi connectivity index (χ3n) is 4.89. The highest BCUT2D eigenvalue weighted by Crippen LogP contribution is 2.20. The van der Waals surface area contributed by atoms with Gasteiger partial charge in [0.15, 0.2) is 5.82 Å². The highest BCUT2D eigenvalue weighted by molar-refractivity contribution is 5.76. The quantitative estimate of drug-likeness (QED) is 0.508. The monoisotopic (exact) mass is 391 g/mol. The van der Waals surface area contributed by atoms with Gasteiger partial charge in [0.2, 0.25) is 11.8 Å². The van der Waals surface area contributed by atoms with E-state index in [4.69, 9.17) is 4.52 Å². The van der Waals surface area contributed by atoms with Gasteiger partial charge in [-0.3, -0.25) is 4.79 Å². The second-order valence-electron chi connectivity index (χ2n) is 7.26. The number of carbonyl (C=O) groups excluding carboxylic acids is 1. The number of hydrogen-bond acceptors (Lipinski definition) is 4. The summed E-state index contributed by atoms with van der Waals surface area (Å²) in [7, 11) is 0. The Hall–Kier alpha value is -2.95. The minimum atomic E-state index is 0.00532. The molecule has 0 aliphatic carbocycles. The molecular formula is C24H29N3O2. The molecule has 0 radical (unpaired) electrons. The van der Waals surface area contributed by atoms with Gasteiger partial charge in [-0.2, -0.15) is 4.98 Å². The predicted octanol–water partition coefficient (Wildman–Crippen LogP) is 4.84. The molecule has 1 heterocycles. The van der Waals surface area contributed by atoms with E-state index in [2.05, 4.69) is 58.8 Å². The maximum absolute atomic E-state index is 12.6. The summed E-state index contributed by atoms with van der Waals surface area (Å²) in [4.78, 5) is 16.9. The van der Waals surface area contributed by atoms with E-state index in [1.165, 1.54) is 5.56 Å². The molecular weight excluding hydrogens is 362 g/mol. The third kappa shape index (κ3) is 6.86. The van der Waals surface area contributed by atoms with Crippen LogP contribution < -0.4 is 5.32 Å². The van der Waals surface area contributed by atoms with Crippen LogP contribution in [0, 0.1) is 0 Å². The van der Waals surface area contributed by atoms with Gasteiger partial charge in [0.05, 0.1) is 6.04 Å². The van der Waals surface area contributed by atoms with E-state index in [1.54, 1.807) is 0 Å². The first-order valence-electron chi connectivity index (χ1n) is 10.4. The number of nitrogens with zero attached hydrogens (tertiary/aromatic N) is 2. The van der Waals surface area contributed by atoms with Gasteiger partial charge in [-0.15, -0.1) is 0 Å². The third-order valence-corrected chi connectivity index (χ3v) is 4.89. The molecule has 29 heavy (non-hydrogen) atoms. The number of rotatable bonds is 11. The number of hydrogen-bond donors (Lipinski definition) is 1. The molecule has 1 amide bonds. The number of benzene rings is 2. The van der Waals surface area contributed by atoms with Crippen molar-refractivity contribution < 1.29 is 9.32 Å². The minimum absolute atomic E-state index is 0.00532. The predicted molar refractivity (Wildman–Crippen MR) is 113 cm³/mol. The van der Waals surface area contributed by atoms with Crippen LogP contribution in [-0.4, -0.2) is 16.0 Å². The van der Waals surface area contributed by atoms with E-state index in [1.807, 2.05) is 24.3 Å². The zero-order valence-electron chi connectivity index (χ0n) is 17.0. The number of amides is 1. The van der Waals surface area contributed by atoms with Crippen molar-refractivity contribution in [2.75, 3.05) is 0 Å². The van der Waals surface area contributed by atoms with Crippen LogP contribution in [0.2, 0.25) is 0 Å². The van der Waals surface area contributed by atoms with Gasteiger partial charge in [-0.25, -0.2) is 0 Å². The van der Waals surface area contributed by atoms with Crippen molar-refractivity contribution in [2.45, 2.75) is 57.9 Å². The lowest BCUT2D eigenvalue weighted by Gasteiger charge is -2.19. The molecule has 0 saturated heterocycles. The zero-order chi connectivity index (χ0) is 20.3. The lowest BCUT2D eigenvalue weighted by Crippen LogP contribution is -2.28. The van der Waals surface area contributed by atoms with E-state index < -0.39 is 0 Å². The van der Waals surface area contributed by atoms with Gasteiger partial charge in [0.1, 0.15) is 0 Å². The van der Waals surface area contributed by atoms with Crippen LogP contribution in [-0.2, 0) is 24.1 Å². The second-order valence-corrected chi connectivity index (χ2v) is 7.26. The molecule has 5 heteroatoms. The van der Waals surface area contributed by atoms with Crippen molar-refractivity contribution in [1.82, 2.24) is 15.5 Å². The molecule has 0 fully saturated rings. The molecule has 0 aliphatic heterocycles. The van der Waals surface area contributed by atoms with E-state index in [9.17, 15) is 4.79 Å². The highest BCUT2D eigenvalue weighted by Gasteiger charge is 2.15. The fraction of sp³-hybridized carbons (Fsp3) is 0.375. The van der Waals surface area contributed by atoms with Crippen molar-refractivity contribution in [3.8, 4) is 0 Å². The molecule has 152 valence electrons. The van der Waals surface area contributed by atoms with Gasteiger partial charge in [0.25, 0.3) is 0 Å². The number of nitrogens with one attached hydrogen (secondary N) is 1. The molecule has 1 atom stereocenters. The summed E-state index contributed by atoms with van der Waals surface area (Å²) in [5, 5.41) is 7.14. The molecule has 0 saturated carbocycles. The smallest absolute Gasteiger partial charge is 0.227 e. The van der Waals surface area contributed by atoms with Gasteiger partial charge < -0.3 is 9.84 Å². The molecule has 2 aromatic carbocycles. The lowest BCUT2D eigenvalue weighted by molar-refractivity contribution is -0.122. The summed E-state index contributed by atoms with van der Waals surface area (Å²) in [6, 6.07) is 20.6. The maximum Gasteiger partial charge on any atom is 0.227 e. The van der Waals surface area contributed by atoms with Crippen LogP contribution in [0.1, 0.15) is 61.5 Å². The highest BCUT2D eigenvalue weighted by atomic mass is 16.5. The van der Waals surface area contributed by atoms with Crippen LogP contribution in [0.3, 0.4) is 0 Å². The van der Waals surface area contributed by atoms with Crippen LogP contribution in [0.4, 0.5) is 0 Å². The summed E-state index contributed by atoms with van der Waals surface area (Å²) < 4.78 is 5.23. The molecule has 0 spiro atoms. The van der Waals surface area contributed by atoms with Crippen LogP contribution >= 0.6 is 0 Å². The molecule has 1 N–H and O–H groups in total. The average molecular weight is 392 g/mol. The van der Waals surface area contributed by atoms with E-state index in [0.29, 0.717) is 24.6 Å². The molecule has 1 aromatic heterocycles. The molecule has 0 aliphatic rings. The van der Waals surface area contributed by atoms with Crippen LogP contribution in [0.15, 0.2) is 65.2 Å². The van der Waals surface area contributed by atoms with E-state index in [0.717, 1.165) is 37.7 Å². The molecule has 3 rings (SSSR count). The maximum atomic E-state index is 12.6. The summed E-state index contributed by atoms with van der Waals surface area (Å²) in [6.45, 7) is 2.07. The Morgan fingerprint density at radius 3 is 2.45 bits per heavy atom. The largest absolute Gasteiger partial charge is 0.349 e. The van der Waals surface area contributed by atoms with E-state index in [-0.39, 0.29) is 11.9 Å². The van der Waals surface area contributed by atoms with E-state index >= 15 is 0 Å². The number of aromatic nitrogens is 2. The summed E-state index contributed by atoms with van der Waals surface area (Å²) in [5.74, 6) is 1.25. The Bertz CT molecular complexity index is 862. The molecule has 5 nitrogen and oxygen atoms in total. The van der Waals surface area contributed by atoms with Gasteiger partial charge in [-0.1, -0.05) is 72.7 Å². The fourth-order valence-electron chi connectivity index (χ4n) is 3.37. The Labute approximate surface area is 172 Å². The topological polar surface area (TPSA) is 68.0 Å². The Morgan fingerprint density at radius 1 is 1.00 bits per heavy atom. The minimum Gasteiger partial charge on any atom is -0.349 e. The SMILES string of the molecule is CCCc1noc(CCC(=O)NC(CCCc2ccccc2)c2ccccc2)n1. The van der Waals surface area contributed by atoms with Crippen LogP contribution in [0.25, 0.3) is 0 Å². The second kappa shape index (κ2) is 11.1. The molecule has 3 aromatic rings. The summed E-state index contributed by atoms with van der Waals surface area (Å²) in [5.41, 5.74) is 2.46. The lowest BCUT2D eigenvalue weighted by atomic mass is 9.98. The van der Waals surface area contributed by atoms with Gasteiger partial charge in [-0.05, 0) is 36.8 Å². The van der Waals surface area contributed by atoms with Gasteiger partial charge >= 0.3 is 0 Å². The van der Waals surface area contributed by atoms with Crippen LogP contribution in [0.5, 0.6) is 0 Å². The first kappa shape index (κ1) is 20.8. The number of aryl methyl sites for hydroxylation is 3. The molecule has 1 unspecified atom stereocenters. The number of carbonyl (C=O) groups is 1. The standard InChI is InChI=1S/C24H29N3O2/c1-2-10-22-26-24(29-27-22)18-17-23(28)25-21(20-14-7-4-8-15-20)16-9-13-19-11-5-3-6-12-19/h3-8,11-12,14-15,21H,2,9-10,13,16-18H2,1H3,(H,25,28).